The van der Waals surface area contributed by atoms with E-state index in [-0.39, 0.29) is 24.1 Å². The molecule has 3 unspecified atom stereocenters. The fourth-order valence-electron chi connectivity index (χ4n) is 4.31. The second-order valence-corrected chi connectivity index (χ2v) is 8.61. The van der Waals surface area contributed by atoms with Crippen LogP contribution in [0.25, 0.3) is 5.69 Å². The Balaban J connectivity index is 1.52. The maximum absolute atomic E-state index is 13.6. The van der Waals surface area contributed by atoms with Crippen LogP contribution in [0.3, 0.4) is 0 Å². The molecule has 2 heterocycles. The number of piperidine rings is 1. The number of likely N-dealkylation sites (tertiary alicyclic amines) is 1. The summed E-state index contributed by atoms with van der Waals surface area (Å²) in [5.74, 6) is -2.75. The van der Waals surface area contributed by atoms with Gasteiger partial charge in [0.1, 0.15) is 0 Å². The van der Waals surface area contributed by atoms with Crippen molar-refractivity contribution < 1.29 is 23.9 Å². The molecule has 3 aromatic rings. The quantitative estimate of drug-likeness (QED) is 0.306. The Hall–Kier alpha value is -4.34. The van der Waals surface area contributed by atoms with Crippen molar-refractivity contribution in [3.8, 4) is 5.69 Å². The number of aromatic nitrogens is 3. The van der Waals surface area contributed by atoms with E-state index in [0.717, 1.165) is 7.11 Å². The maximum Gasteiger partial charge on any atom is 0.336 e. The van der Waals surface area contributed by atoms with Gasteiger partial charge in [0.25, 0.3) is 5.91 Å². The van der Waals surface area contributed by atoms with Gasteiger partial charge in [-0.2, -0.15) is 15.0 Å². The Morgan fingerprint density at radius 2 is 1.64 bits per heavy atom. The predicted octanol–water partition coefficient (Wildman–Crippen LogP) is 2.05. The Morgan fingerprint density at radius 1 is 0.972 bits per heavy atom. The minimum absolute atomic E-state index is 0.109. The molecule has 0 bridgehead atoms. The first-order valence-electron chi connectivity index (χ1n) is 11.6. The molecule has 36 heavy (non-hydrogen) atoms. The minimum Gasteiger partial charge on any atom is -0.467 e. The zero-order valence-corrected chi connectivity index (χ0v) is 20.0. The highest BCUT2D eigenvalue weighted by molar-refractivity contribution is 6.13. The fourth-order valence-corrected chi connectivity index (χ4v) is 4.31. The molecule has 1 N–H and O–H groups in total. The number of carbonyl (C=O) groups is 4. The maximum atomic E-state index is 13.6. The largest absolute Gasteiger partial charge is 0.467 e. The Kier molecular flexibility index (Phi) is 7.53. The van der Waals surface area contributed by atoms with Crippen LogP contribution in [0.15, 0.2) is 67.0 Å². The molecular weight excluding hydrogens is 462 g/mol. The lowest BCUT2D eigenvalue weighted by Gasteiger charge is -2.38. The van der Waals surface area contributed by atoms with Gasteiger partial charge >= 0.3 is 5.97 Å². The number of carbonyl (C=O) groups excluding carboxylic acids is 4. The Labute approximate surface area is 208 Å². The van der Waals surface area contributed by atoms with E-state index in [2.05, 4.69) is 15.5 Å². The third kappa shape index (κ3) is 5.17. The zero-order valence-electron chi connectivity index (χ0n) is 20.0. The zero-order chi connectivity index (χ0) is 25.7. The standard InChI is InChI=1S/C26H27N5O5/c1-17-12-13-19(24(33)29-22(26(35)36-2)23(32)18-8-4-3-5-9-18)16-30(17)25(34)20-10-6-7-11-21(20)31-27-14-15-28-31/h3-11,14-15,17,19,22H,12-13,16H2,1-2H3,(H,29,33). The lowest BCUT2D eigenvalue weighted by atomic mass is 9.91. The average Bonchev–Trinajstić information content (AvgIpc) is 3.46. The lowest BCUT2D eigenvalue weighted by molar-refractivity contribution is -0.144. The van der Waals surface area contributed by atoms with Gasteiger partial charge in [-0.05, 0) is 31.9 Å². The number of ketones is 1. The smallest absolute Gasteiger partial charge is 0.336 e. The van der Waals surface area contributed by atoms with Crippen molar-refractivity contribution >= 4 is 23.6 Å². The van der Waals surface area contributed by atoms with Crippen molar-refractivity contribution in [1.29, 1.82) is 0 Å². The number of hydrogen-bond donors (Lipinski definition) is 1. The Bertz CT molecular complexity index is 1240. The van der Waals surface area contributed by atoms with E-state index in [1.54, 1.807) is 59.5 Å². The number of rotatable bonds is 7. The van der Waals surface area contributed by atoms with Gasteiger partial charge in [0.05, 0.1) is 36.7 Å². The van der Waals surface area contributed by atoms with Crippen molar-refractivity contribution in [2.75, 3.05) is 13.7 Å². The van der Waals surface area contributed by atoms with Crippen LogP contribution in [0.4, 0.5) is 0 Å². The van der Waals surface area contributed by atoms with Crippen LogP contribution in [0, 0.1) is 5.92 Å². The molecule has 0 radical (unpaired) electrons. The highest BCUT2D eigenvalue weighted by Crippen LogP contribution is 2.26. The second-order valence-electron chi connectivity index (χ2n) is 8.61. The summed E-state index contributed by atoms with van der Waals surface area (Å²) in [6.45, 7) is 2.07. The summed E-state index contributed by atoms with van der Waals surface area (Å²) < 4.78 is 4.77. The van der Waals surface area contributed by atoms with Crippen LogP contribution in [-0.2, 0) is 14.3 Å². The first-order chi connectivity index (χ1) is 17.4. The number of para-hydroxylation sites is 1. The molecule has 1 aromatic heterocycles. The van der Waals surface area contributed by atoms with Crippen LogP contribution in [0.1, 0.15) is 40.5 Å². The summed E-state index contributed by atoms with van der Waals surface area (Å²) in [5.41, 5.74) is 1.23. The van der Waals surface area contributed by atoms with Crippen LogP contribution in [0.5, 0.6) is 0 Å². The van der Waals surface area contributed by atoms with Crippen LogP contribution < -0.4 is 5.32 Å². The highest BCUT2D eigenvalue weighted by Gasteiger charge is 2.37. The normalized spacial score (nSPS) is 18.2. The third-order valence-corrected chi connectivity index (χ3v) is 6.33. The SMILES string of the molecule is COC(=O)C(NC(=O)C1CCC(C)N(C(=O)c2ccccc2-n2nccn2)C1)C(=O)c1ccccc1. The van der Waals surface area contributed by atoms with Gasteiger partial charge in [0, 0.05) is 18.2 Å². The molecule has 2 amide bonds. The van der Waals surface area contributed by atoms with Gasteiger partial charge < -0.3 is 15.0 Å². The number of methoxy groups -OCH3 is 1. The summed E-state index contributed by atoms with van der Waals surface area (Å²) in [6.07, 6.45) is 4.15. The van der Waals surface area contributed by atoms with Crippen molar-refractivity contribution in [2.24, 2.45) is 5.92 Å². The summed E-state index contributed by atoms with van der Waals surface area (Å²) in [6, 6.07) is 13.7. The van der Waals surface area contributed by atoms with Gasteiger partial charge in [-0.25, -0.2) is 4.79 Å². The molecule has 1 fully saturated rings. The summed E-state index contributed by atoms with van der Waals surface area (Å²) in [5, 5.41) is 10.8. The van der Waals surface area contributed by atoms with Crippen LogP contribution >= 0.6 is 0 Å². The van der Waals surface area contributed by atoms with E-state index in [1.807, 2.05) is 6.92 Å². The van der Waals surface area contributed by atoms with E-state index < -0.39 is 29.6 Å². The minimum atomic E-state index is -1.47. The third-order valence-electron chi connectivity index (χ3n) is 6.33. The topological polar surface area (TPSA) is 123 Å². The molecule has 0 spiro atoms. The molecule has 186 valence electrons. The van der Waals surface area contributed by atoms with Crippen molar-refractivity contribution in [3.05, 3.63) is 78.1 Å². The molecule has 0 aliphatic carbocycles. The number of benzene rings is 2. The molecule has 1 aliphatic heterocycles. The fraction of sp³-hybridized carbons (Fsp3) is 0.308. The Morgan fingerprint density at radius 3 is 2.33 bits per heavy atom. The van der Waals surface area contributed by atoms with Gasteiger partial charge in [-0.3, -0.25) is 14.4 Å². The molecule has 10 heteroatoms. The van der Waals surface area contributed by atoms with Crippen LogP contribution in [0.2, 0.25) is 0 Å². The number of nitrogens with one attached hydrogen (secondary N) is 1. The molecule has 4 rings (SSSR count). The molecule has 0 saturated carbocycles. The van der Waals surface area contributed by atoms with E-state index in [4.69, 9.17) is 4.74 Å². The number of amides is 2. The first-order valence-corrected chi connectivity index (χ1v) is 11.6. The van der Waals surface area contributed by atoms with Gasteiger partial charge in [-0.1, -0.05) is 42.5 Å². The molecule has 2 aromatic carbocycles. The number of esters is 1. The molecule has 10 nitrogen and oxygen atoms in total. The van der Waals surface area contributed by atoms with Crippen molar-refractivity contribution in [3.63, 3.8) is 0 Å². The number of hydrogen-bond acceptors (Lipinski definition) is 7. The van der Waals surface area contributed by atoms with Crippen molar-refractivity contribution in [1.82, 2.24) is 25.2 Å². The van der Waals surface area contributed by atoms with Crippen molar-refractivity contribution in [2.45, 2.75) is 31.8 Å². The van der Waals surface area contributed by atoms with Gasteiger partial charge in [-0.15, -0.1) is 0 Å². The molecule has 1 aliphatic rings. The summed E-state index contributed by atoms with van der Waals surface area (Å²) >= 11 is 0. The van der Waals surface area contributed by atoms with E-state index in [0.29, 0.717) is 24.1 Å². The van der Waals surface area contributed by atoms with E-state index in [9.17, 15) is 19.2 Å². The second kappa shape index (κ2) is 10.9. The lowest BCUT2D eigenvalue weighted by Crippen LogP contribution is -2.54. The van der Waals surface area contributed by atoms with Gasteiger partial charge in [0.2, 0.25) is 5.91 Å². The average molecular weight is 490 g/mol. The summed E-state index contributed by atoms with van der Waals surface area (Å²) in [4.78, 5) is 55.1. The predicted molar refractivity (Wildman–Crippen MR) is 129 cm³/mol. The molecule has 1 saturated heterocycles. The number of Topliss-reactive ketones (excluding diaryl/α,β-unsaturated/α-hetero) is 1. The monoisotopic (exact) mass is 489 g/mol. The first kappa shape index (κ1) is 24.8. The number of nitrogens with zero attached hydrogens (tertiary/aromatic N) is 4. The summed E-state index contributed by atoms with van der Waals surface area (Å²) in [7, 11) is 1.16. The highest BCUT2D eigenvalue weighted by atomic mass is 16.5. The van der Waals surface area contributed by atoms with E-state index in [1.165, 1.54) is 17.2 Å². The van der Waals surface area contributed by atoms with Crippen LogP contribution in [-0.4, -0.2) is 69.2 Å². The number of ether oxygens (including phenoxy) is 1. The van der Waals surface area contributed by atoms with E-state index >= 15 is 0 Å². The molecular formula is C26H27N5O5. The van der Waals surface area contributed by atoms with Gasteiger partial charge in [0.15, 0.2) is 11.8 Å². The molecule has 3 atom stereocenters.